The zero-order valence-corrected chi connectivity index (χ0v) is 10.1. The third-order valence-corrected chi connectivity index (χ3v) is 3.09. The van der Waals surface area contributed by atoms with Crippen LogP contribution in [0.2, 0.25) is 0 Å². The average Bonchev–Trinajstić information content (AvgIpc) is 2.30. The van der Waals surface area contributed by atoms with Crippen LogP contribution in [0.5, 0.6) is 0 Å². The van der Waals surface area contributed by atoms with E-state index in [0.29, 0.717) is 12.2 Å². The van der Waals surface area contributed by atoms with Gasteiger partial charge in [-0.3, -0.25) is 4.90 Å². The highest BCUT2D eigenvalue weighted by Gasteiger charge is 2.19. The van der Waals surface area contributed by atoms with E-state index >= 15 is 0 Å². The largest absolute Gasteiger partial charge is 0.392 e. The zero-order valence-electron chi connectivity index (χ0n) is 10.1. The number of nitrogens with zero attached hydrogens (tertiary/aromatic N) is 2. The minimum Gasteiger partial charge on any atom is -0.392 e. The molecule has 1 heterocycles. The van der Waals surface area contributed by atoms with Gasteiger partial charge in [0.2, 0.25) is 0 Å². The molecule has 0 radical (unpaired) electrons. The van der Waals surface area contributed by atoms with E-state index in [1.165, 1.54) is 6.07 Å². The molecule has 1 fully saturated rings. The number of aliphatic hydroxyl groups is 1. The normalized spacial score (nSPS) is 19.4. The minimum atomic E-state index is -0.296. The first-order valence-corrected chi connectivity index (χ1v) is 6.06. The van der Waals surface area contributed by atoms with Crippen LogP contribution in [0.25, 0.3) is 0 Å². The molecule has 1 aromatic rings. The van der Waals surface area contributed by atoms with Gasteiger partial charge in [-0.2, -0.15) is 0 Å². The summed E-state index contributed by atoms with van der Waals surface area (Å²) in [6.07, 6.45) is -0.296. The first-order valence-electron chi connectivity index (χ1n) is 6.06. The molecule has 0 unspecified atom stereocenters. The van der Waals surface area contributed by atoms with Gasteiger partial charge in [-0.1, -0.05) is 12.1 Å². The summed E-state index contributed by atoms with van der Waals surface area (Å²) in [5.41, 5.74) is 0.684. The van der Waals surface area contributed by atoms with Gasteiger partial charge in [-0.25, -0.2) is 4.39 Å². The molecule has 4 heteroatoms. The van der Waals surface area contributed by atoms with Gasteiger partial charge in [0.25, 0.3) is 0 Å². The molecular formula is C13H19FN2O. The summed E-state index contributed by atoms with van der Waals surface area (Å²) in [5.74, 6) is -0.156. The standard InChI is InChI=1S/C13H19FN2O/c1-11(17)10-15-6-8-16(9-7-15)13-5-3-2-4-12(13)14/h2-5,11,17H,6-10H2,1H3/t11-/m1/s1. The van der Waals surface area contributed by atoms with Gasteiger partial charge in [0.05, 0.1) is 11.8 Å². The Bertz CT molecular complexity index is 362. The van der Waals surface area contributed by atoms with Crippen molar-refractivity contribution in [3.63, 3.8) is 0 Å². The summed E-state index contributed by atoms with van der Waals surface area (Å²) in [7, 11) is 0. The lowest BCUT2D eigenvalue weighted by atomic mass is 10.2. The topological polar surface area (TPSA) is 26.7 Å². The molecule has 0 aliphatic carbocycles. The Morgan fingerprint density at radius 1 is 1.24 bits per heavy atom. The summed E-state index contributed by atoms with van der Waals surface area (Å²) in [6.45, 7) is 5.87. The van der Waals surface area contributed by atoms with Gasteiger partial charge in [0, 0.05) is 32.7 Å². The number of halogens is 1. The second-order valence-electron chi connectivity index (χ2n) is 4.59. The fourth-order valence-electron chi connectivity index (χ4n) is 2.25. The first kappa shape index (κ1) is 12.3. The molecule has 1 aliphatic heterocycles. The number of hydrogen-bond donors (Lipinski definition) is 1. The Balaban J connectivity index is 1.93. The lowest BCUT2D eigenvalue weighted by Gasteiger charge is -2.36. The smallest absolute Gasteiger partial charge is 0.146 e. The van der Waals surface area contributed by atoms with Crippen LogP contribution in [-0.2, 0) is 0 Å². The number of piperazine rings is 1. The molecule has 17 heavy (non-hydrogen) atoms. The van der Waals surface area contributed by atoms with Gasteiger partial charge < -0.3 is 10.0 Å². The molecule has 1 N–H and O–H groups in total. The number of hydrogen-bond acceptors (Lipinski definition) is 3. The SMILES string of the molecule is C[C@@H](O)CN1CCN(c2ccccc2F)CC1. The molecule has 1 atom stereocenters. The van der Waals surface area contributed by atoms with E-state index in [2.05, 4.69) is 9.80 Å². The molecular weight excluding hydrogens is 219 g/mol. The van der Waals surface area contributed by atoms with Crippen molar-refractivity contribution >= 4 is 5.69 Å². The fourth-order valence-corrected chi connectivity index (χ4v) is 2.25. The van der Waals surface area contributed by atoms with Gasteiger partial charge in [-0.05, 0) is 19.1 Å². The third kappa shape index (κ3) is 3.17. The van der Waals surface area contributed by atoms with Crippen LogP contribution in [0.3, 0.4) is 0 Å². The van der Waals surface area contributed by atoms with E-state index in [1.807, 2.05) is 12.1 Å². The summed E-state index contributed by atoms with van der Waals surface area (Å²) >= 11 is 0. The Kier molecular flexibility index (Phi) is 3.97. The van der Waals surface area contributed by atoms with E-state index in [0.717, 1.165) is 26.2 Å². The molecule has 0 spiro atoms. The van der Waals surface area contributed by atoms with E-state index in [1.54, 1.807) is 13.0 Å². The second kappa shape index (κ2) is 5.47. The predicted molar refractivity (Wildman–Crippen MR) is 66.7 cm³/mol. The lowest BCUT2D eigenvalue weighted by molar-refractivity contribution is 0.122. The fraction of sp³-hybridized carbons (Fsp3) is 0.538. The molecule has 1 saturated heterocycles. The summed E-state index contributed by atoms with van der Waals surface area (Å²) in [6, 6.07) is 6.89. The van der Waals surface area contributed by atoms with Gasteiger partial charge >= 0.3 is 0 Å². The maximum atomic E-state index is 13.6. The van der Waals surface area contributed by atoms with Crippen LogP contribution in [-0.4, -0.2) is 48.8 Å². The van der Waals surface area contributed by atoms with Crippen LogP contribution >= 0.6 is 0 Å². The maximum absolute atomic E-state index is 13.6. The molecule has 1 aromatic carbocycles. The van der Waals surface area contributed by atoms with Crippen molar-refractivity contribution in [2.45, 2.75) is 13.0 Å². The van der Waals surface area contributed by atoms with E-state index in [-0.39, 0.29) is 11.9 Å². The molecule has 2 rings (SSSR count). The molecule has 0 saturated carbocycles. The molecule has 1 aliphatic rings. The molecule has 0 amide bonds. The van der Waals surface area contributed by atoms with Crippen molar-refractivity contribution in [2.24, 2.45) is 0 Å². The summed E-state index contributed by atoms with van der Waals surface area (Å²) < 4.78 is 13.6. The molecule has 0 bridgehead atoms. The molecule has 0 aromatic heterocycles. The highest BCUT2D eigenvalue weighted by atomic mass is 19.1. The van der Waals surface area contributed by atoms with Crippen LogP contribution < -0.4 is 4.90 Å². The van der Waals surface area contributed by atoms with Gasteiger partial charge in [0.15, 0.2) is 0 Å². The van der Waals surface area contributed by atoms with E-state index in [9.17, 15) is 9.50 Å². The van der Waals surface area contributed by atoms with Gasteiger partial charge in [-0.15, -0.1) is 0 Å². The monoisotopic (exact) mass is 238 g/mol. The van der Waals surface area contributed by atoms with Crippen molar-refractivity contribution in [1.29, 1.82) is 0 Å². The van der Waals surface area contributed by atoms with Crippen LogP contribution in [0, 0.1) is 5.82 Å². The second-order valence-corrected chi connectivity index (χ2v) is 4.59. The Hall–Kier alpha value is -1.13. The number of benzene rings is 1. The molecule has 94 valence electrons. The van der Waals surface area contributed by atoms with Crippen LogP contribution in [0.15, 0.2) is 24.3 Å². The maximum Gasteiger partial charge on any atom is 0.146 e. The van der Waals surface area contributed by atoms with E-state index in [4.69, 9.17) is 0 Å². The number of rotatable bonds is 3. The van der Waals surface area contributed by atoms with Crippen molar-refractivity contribution < 1.29 is 9.50 Å². The van der Waals surface area contributed by atoms with Crippen LogP contribution in [0.1, 0.15) is 6.92 Å². The lowest BCUT2D eigenvalue weighted by Crippen LogP contribution is -2.48. The first-order chi connectivity index (χ1) is 8.16. The Labute approximate surface area is 101 Å². The van der Waals surface area contributed by atoms with Crippen molar-refractivity contribution in [3.05, 3.63) is 30.1 Å². The number of anilines is 1. The predicted octanol–water partition coefficient (Wildman–Crippen LogP) is 1.33. The highest BCUT2D eigenvalue weighted by molar-refractivity contribution is 5.47. The number of aliphatic hydroxyl groups excluding tert-OH is 1. The van der Waals surface area contributed by atoms with Crippen molar-refractivity contribution in [1.82, 2.24) is 4.90 Å². The van der Waals surface area contributed by atoms with Gasteiger partial charge in [0.1, 0.15) is 5.82 Å². The van der Waals surface area contributed by atoms with Crippen molar-refractivity contribution in [2.75, 3.05) is 37.6 Å². The third-order valence-electron chi connectivity index (χ3n) is 3.09. The minimum absolute atomic E-state index is 0.156. The highest BCUT2D eigenvalue weighted by Crippen LogP contribution is 2.19. The molecule has 3 nitrogen and oxygen atoms in total. The number of para-hydroxylation sites is 1. The zero-order chi connectivity index (χ0) is 12.3. The average molecular weight is 238 g/mol. The quantitative estimate of drug-likeness (QED) is 0.860. The number of β-amino-alcohol motifs (C(OH)–C–C–N with tert-alkyl or cyclic N) is 1. The summed E-state index contributed by atoms with van der Waals surface area (Å²) in [5, 5.41) is 9.32. The Morgan fingerprint density at radius 2 is 1.88 bits per heavy atom. The van der Waals surface area contributed by atoms with Crippen LogP contribution in [0.4, 0.5) is 10.1 Å². The van der Waals surface area contributed by atoms with E-state index < -0.39 is 0 Å². The Morgan fingerprint density at radius 3 is 2.47 bits per heavy atom. The summed E-state index contributed by atoms with van der Waals surface area (Å²) in [4.78, 5) is 4.27. The van der Waals surface area contributed by atoms with Crippen molar-refractivity contribution in [3.8, 4) is 0 Å².